The van der Waals surface area contributed by atoms with Crippen LogP contribution >= 0.6 is 0 Å². The largest absolute Gasteiger partial charge is 0.394 e. The van der Waals surface area contributed by atoms with Gasteiger partial charge in [0, 0.05) is 11.3 Å². The van der Waals surface area contributed by atoms with Gasteiger partial charge in [-0.1, -0.05) is 5.11 Å². The molecule has 0 amide bonds. The van der Waals surface area contributed by atoms with Crippen molar-refractivity contribution in [2.45, 2.75) is 37.9 Å². The van der Waals surface area contributed by atoms with E-state index in [0.29, 0.717) is 6.42 Å². The number of aliphatic hydroxyl groups excluding tert-OH is 2. The zero-order valence-corrected chi connectivity index (χ0v) is 8.48. The maximum atomic E-state index is 9.62. The highest BCUT2D eigenvalue weighted by atomic mass is 16.7. The molecule has 4 atom stereocenters. The Morgan fingerprint density at radius 1 is 1.67 bits per heavy atom. The summed E-state index contributed by atoms with van der Waals surface area (Å²) < 4.78 is 10.5. The quantitative estimate of drug-likeness (QED) is 0.397. The molecule has 0 radical (unpaired) electrons. The minimum atomic E-state index is -0.810. The molecule has 7 nitrogen and oxygen atoms in total. The number of hydrogen-bond donors (Lipinski definition) is 2. The van der Waals surface area contributed by atoms with E-state index >= 15 is 0 Å². The van der Waals surface area contributed by atoms with Gasteiger partial charge in [-0.05, 0) is 12.5 Å². The van der Waals surface area contributed by atoms with Gasteiger partial charge in [-0.25, -0.2) is 0 Å². The van der Waals surface area contributed by atoms with Crippen LogP contribution in [0.25, 0.3) is 10.4 Å². The molecule has 15 heavy (non-hydrogen) atoms. The lowest BCUT2D eigenvalue weighted by Crippen LogP contribution is -2.46. The lowest BCUT2D eigenvalue weighted by Gasteiger charge is -2.35. The third-order valence-corrected chi connectivity index (χ3v) is 2.27. The van der Waals surface area contributed by atoms with Gasteiger partial charge in [0.2, 0.25) is 0 Å². The Balaban J connectivity index is 2.54. The second-order valence-corrected chi connectivity index (χ2v) is 3.36. The molecule has 1 unspecified atom stereocenters. The Morgan fingerprint density at radius 3 is 3.00 bits per heavy atom. The molecule has 1 rings (SSSR count). The molecule has 1 aliphatic rings. The van der Waals surface area contributed by atoms with Crippen molar-refractivity contribution in [3.05, 3.63) is 10.4 Å². The smallest absolute Gasteiger partial charge is 0.158 e. The Kier molecular flexibility index (Phi) is 4.80. The standard InChI is InChI=1S/C8H15N3O4/c1-5-8(13)6(10-11-9)4-7(15-5)14-3-2-12/h5-8,12-13H,2-4H2,1H3/t5?,6-,7+,8-/m1/s1. The molecule has 86 valence electrons. The Hall–Kier alpha value is -0.850. The van der Waals surface area contributed by atoms with Crippen molar-refractivity contribution < 1.29 is 19.7 Å². The summed E-state index contributed by atoms with van der Waals surface area (Å²) in [5.74, 6) is 0. The van der Waals surface area contributed by atoms with Crippen LogP contribution in [0.3, 0.4) is 0 Å². The van der Waals surface area contributed by atoms with E-state index in [2.05, 4.69) is 10.0 Å². The predicted molar refractivity (Wildman–Crippen MR) is 50.9 cm³/mol. The first-order valence-corrected chi connectivity index (χ1v) is 4.79. The lowest BCUT2D eigenvalue weighted by molar-refractivity contribution is -0.224. The molecule has 1 aliphatic heterocycles. The average molecular weight is 217 g/mol. The van der Waals surface area contributed by atoms with E-state index in [-0.39, 0.29) is 13.2 Å². The van der Waals surface area contributed by atoms with Gasteiger partial charge >= 0.3 is 0 Å². The molecule has 0 aromatic heterocycles. The fraction of sp³-hybridized carbons (Fsp3) is 1.00. The molecule has 0 aliphatic carbocycles. The van der Waals surface area contributed by atoms with Crippen molar-refractivity contribution in [2.24, 2.45) is 5.11 Å². The zero-order chi connectivity index (χ0) is 11.3. The number of hydrogen-bond acceptors (Lipinski definition) is 5. The minimum absolute atomic E-state index is 0.0943. The summed E-state index contributed by atoms with van der Waals surface area (Å²) in [7, 11) is 0. The van der Waals surface area contributed by atoms with Crippen molar-refractivity contribution in [1.29, 1.82) is 0 Å². The van der Waals surface area contributed by atoms with Gasteiger partial charge in [-0.3, -0.25) is 0 Å². The predicted octanol–water partition coefficient (Wildman–Crippen LogP) is 0.170. The first-order valence-electron chi connectivity index (χ1n) is 4.79. The maximum absolute atomic E-state index is 9.62. The molecule has 0 bridgehead atoms. The summed E-state index contributed by atoms with van der Waals surface area (Å²) in [6.45, 7) is 1.75. The fourth-order valence-corrected chi connectivity index (χ4v) is 1.50. The monoisotopic (exact) mass is 217 g/mol. The molecule has 1 heterocycles. The number of ether oxygens (including phenoxy) is 2. The van der Waals surface area contributed by atoms with E-state index in [1.165, 1.54) is 0 Å². The number of nitrogens with zero attached hydrogens (tertiary/aromatic N) is 3. The molecular weight excluding hydrogens is 202 g/mol. The summed E-state index contributed by atoms with van der Waals surface area (Å²) in [4.78, 5) is 2.66. The number of rotatable bonds is 4. The Bertz CT molecular complexity index is 244. The van der Waals surface area contributed by atoms with E-state index < -0.39 is 24.5 Å². The van der Waals surface area contributed by atoms with Crippen molar-refractivity contribution in [3.8, 4) is 0 Å². The van der Waals surface area contributed by atoms with Crippen molar-refractivity contribution in [3.63, 3.8) is 0 Å². The SMILES string of the molecule is CC1O[C@H](OCCO)C[C@@H](N=[N+]=[N-])[C@@H]1O. The number of azide groups is 1. The Morgan fingerprint density at radius 2 is 2.40 bits per heavy atom. The van der Waals surface area contributed by atoms with Crippen LogP contribution in [0, 0.1) is 0 Å². The minimum Gasteiger partial charge on any atom is -0.394 e. The van der Waals surface area contributed by atoms with Gasteiger partial charge in [-0.15, -0.1) is 0 Å². The summed E-state index contributed by atoms with van der Waals surface area (Å²) in [5.41, 5.74) is 8.31. The van der Waals surface area contributed by atoms with Gasteiger partial charge in [0.25, 0.3) is 0 Å². The van der Waals surface area contributed by atoms with Gasteiger partial charge in [0.05, 0.1) is 31.5 Å². The van der Waals surface area contributed by atoms with Crippen LogP contribution < -0.4 is 0 Å². The zero-order valence-electron chi connectivity index (χ0n) is 8.48. The van der Waals surface area contributed by atoms with Crippen LogP contribution in [-0.4, -0.2) is 48.0 Å². The second-order valence-electron chi connectivity index (χ2n) is 3.36. The molecule has 0 aromatic rings. The van der Waals surface area contributed by atoms with Crippen LogP contribution in [0.15, 0.2) is 5.11 Å². The summed E-state index contributed by atoms with van der Waals surface area (Å²) in [5, 5.41) is 21.7. The molecule has 2 N–H and O–H groups in total. The second kappa shape index (κ2) is 5.89. The molecule has 1 saturated heterocycles. The first kappa shape index (κ1) is 12.2. The molecule has 0 spiro atoms. The van der Waals surface area contributed by atoms with Crippen LogP contribution in [-0.2, 0) is 9.47 Å². The first-order chi connectivity index (χ1) is 7.19. The molecular formula is C8H15N3O4. The van der Waals surface area contributed by atoms with Gasteiger partial charge < -0.3 is 19.7 Å². The maximum Gasteiger partial charge on any atom is 0.158 e. The van der Waals surface area contributed by atoms with Gasteiger partial charge in [-0.2, -0.15) is 0 Å². The van der Waals surface area contributed by atoms with Crippen molar-refractivity contribution >= 4 is 0 Å². The lowest BCUT2D eigenvalue weighted by atomic mass is 10.0. The van der Waals surface area contributed by atoms with Crippen LogP contribution in [0.4, 0.5) is 0 Å². The van der Waals surface area contributed by atoms with Gasteiger partial charge in [0.15, 0.2) is 6.29 Å². The Labute approximate surface area is 87.2 Å². The van der Waals surface area contributed by atoms with E-state index in [9.17, 15) is 5.11 Å². The average Bonchev–Trinajstić information content (AvgIpc) is 2.22. The molecule has 0 saturated carbocycles. The summed E-state index contributed by atoms with van der Waals surface area (Å²) in [6.07, 6.45) is -1.49. The number of aliphatic hydroxyl groups is 2. The highest BCUT2D eigenvalue weighted by molar-refractivity contribution is 4.86. The van der Waals surface area contributed by atoms with E-state index in [1.807, 2.05) is 0 Å². The van der Waals surface area contributed by atoms with Crippen molar-refractivity contribution in [2.75, 3.05) is 13.2 Å². The third kappa shape index (κ3) is 3.33. The highest BCUT2D eigenvalue weighted by Gasteiger charge is 2.34. The third-order valence-electron chi connectivity index (χ3n) is 2.27. The fourth-order valence-electron chi connectivity index (χ4n) is 1.50. The molecule has 1 fully saturated rings. The van der Waals surface area contributed by atoms with Crippen LogP contribution in [0.5, 0.6) is 0 Å². The normalized spacial score (nSPS) is 35.9. The summed E-state index contributed by atoms with van der Waals surface area (Å²) >= 11 is 0. The topological polar surface area (TPSA) is 108 Å². The molecule has 0 aromatic carbocycles. The van der Waals surface area contributed by atoms with E-state index in [1.54, 1.807) is 6.92 Å². The molecule has 7 heteroatoms. The van der Waals surface area contributed by atoms with Gasteiger partial charge in [0.1, 0.15) is 0 Å². The van der Waals surface area contributed by atoms with Crippen LogP contribution in [0.2, 0.25) is 0 Å². The van der Waals surface area contributed by atoms with E-state index in [0.717, 1.165) is 0 Å². The summed E-state index contributed by atoms with van der Waals surface area (Å²) in [6, 6.07) is -0.539. The van der Waals surface area contributed by atoms with Crippen LogP contribution in [0.1, 0.15) is 13.3 Å². The van der Waals surface area contributed by atoms with E-state index in [4.69, 9.17) is 20.1 Å². The highest BCUT2D eigenvalue weighted by Crippen LogP contribution is 2.23. The van der Waals surface area contributed by atoms with Crippen molar-refractivity contribution in [1.82, 2.24) is 0 Å².